The average molecular weight is 376 g/mol. The second-order valence-corrected chi connectivity index (χ2v) is 7.96. The van der Waals surface area contributed by atoms with Crippen LogP contribution in [-0.4, -0.2) is 25.1 Å². The molecular formula is C20H20N6S. The summed E-state index contributed by atoms with van der Waals surface area (Å²) in [5.74, 6) is 2.39. The molecule has 0 aliphatic heterocycles. The van der Waals surface area contributed by atoms with Crippen LogP contribution in [0.2, 0.25) is 0 Å². The van der Waals surface area contributed by atoms with Crippen molar-refractivity contribution in [2.45, 2.75) is 38.6 Å². The van der Waals surface area contributed by atoms with Crippen LogP contribution in [0.5, 0.6) is 0 Å². The molecule has 7 heteroatoms. The van der Waals surface area contributed by atoms with Crippen LogP contribution in [0.15, 0.2) is 36.7 Å². The van der Waals surface area contributed by atoms with Gasteiger partial charge in [-0.15, -0.1) is 11.3 Å². The van der Waals surface area contributed by atoms with Gasteiger partial charge in [0.15, 0.2) is 5.82 Å². The highest BCUT2D eigenvalue weighted by Crippen LogP contribution is 2.39. The molecule has 0 spiro atoms. The first-order valence-electron chi connectivity index (χ1n) is 9.25. The summed E-state index contributed by atoms with van der Waals surface area (Å²) >= 11 is 1.81. The third kappa shape index (κ3) is 2.98. The quantitative estimate of drug-likeness (QED) is 0.558. The summed E-state index contributed by atoms with van der Waals surface area (Å²) in [7, 11) is 0. The summed E-state index contributed by atoms with van der Waals surface area (Å²) in [5.41, 5.74) is 2.52. The van der Waals surface area contributed by atoms with Gasteiger partial charge in [-0.05, 0) is 43.7 Å². The van der Waals surface area contributed by atoms with Crippen molar-refractivity contribution in [2.75, 3.05) is 5.32 Å². The highest BCUT2D eigenvalue weighted by atomic mass is 32.1. The Hall–Kier alpha value is -2.80. The number of H-pyrrole nitrogens is 1. The Morgan fingerprint density at radius 2 is 1.96 bits per heavy atom. The molecule has 0 unspecified atom stereocenters. The van der Waals surface area contributed by atoms with Gasteiger partial charge >= 0.3 is 0 Å². The van der Waals surface area contributed by atoms with Gasteiger partial charge in [-0.3, -0.25) is 5.10 Å². The van der Waals surface area contributed by atoms with Crippen molar-refractivity contribution in [3.8, 4) is 0 Å². The summed E-state index contributed by atoms with van der Waals surface area (Å²) in [5, 5.41) is 12.1. The van der Waals surface area contributed by atoms with E-state index in [-0.39, 0.29) is 6.04 Å². The van der Waals surface area contributed by atoms with Gasteiger partial charge in [-0.25, -0.2) is 15.0 Å². The Balaban J connectivity index is 1.62. The summed E-state index contributed by atoms with van der Waals surface area (Å²) < 4.78 is 0. The molecule has 27 heavy (non-hydrogen) atoms. The first kappa shape index (κ1) is 16.4. The van der Waals surface area contributed by atoms with Crippen molar-refractivity contribution in [2.24, 2.45) is 0 Å². The first-order chi connectivity index (χ1) is 13.3. The lowest BCUT2D eigenvalue weighted by atomic mass is 9.97. The van der Waals surface area contributed by atoms with E-state index in [2.05, 4.69) is 42.6 Å². The molecule has 0 saturated carbocycles. The van der Waals surface area contributed by atoms with Crippen LogP contribution in [0.1, 0.15) is 46.5 Å². The second-order valence-electron chi connectivity index (χ2n) is 6.88. The zero-order valence-electron chi connectivity index (χ0n) is 15.1. The Bertz CT molecular complexity index is 1080. The van der Waals surface area contributed by atoms with Crippen molar-refractivity contribution in [3.63, 3.8) is 0 Å². The smallest absolute Gasteiger partial charge is 0.177 e. The standard InChI is InChI=1S/C20H20N6S/c1-12-23-19(26-25-12)17(13-7-3-2-4-8-13)24-18-16-14-9-5-6-10-15(14)27-20(16)22-11-21-18/h2-4,7-8,11,17H,5-6,9-10H2,1H3,(H,21,22,24)(H,23,25,26)/t17-/m0/s1. The van der Waals surface area contributed by atoms with Crippen molar-refractivity contribution >= 4 is 27.4 Å². The maximum atomic E-state index is 4.60. The van der Waals surface area contributed by atoms with E-state index in [1.165, 1.54) is 28.7 Å². The predicted molar refractivity (Wildman–Crippen MR) is 107 cm³/mol. The fourth-order valence-corrected chi connectivity index (χ4v) is 5.00. The number of hydrogen-bond donors (Lipinski definition) is 2. The monoisotopic (exact) mass is 376 g/mol. The molecule has 0 bridgehead atoms. The molecule has 0 fully saturated rings. The van der Waals surface area contributed by atoms with Gasteiger partial charge in [0.1, 0.15) is 28.8 Å². The van der Waals surface area contributed by atoms with Crippen molar-refractivity contribution < 1.29 is 0 Å². The highest BCUT2D eigenvalue weighted by molar-refractivity contribution is 7.19. The molecule has 3 aromatic heterocycles. The first-order valence-corrected chi connectivity index (χ1v) is 10.1. The number of aryl methyl sites for hydroxylation is 3. The number of nitrogens with zero attached hydrogens (tertiary/aromatic N) is 4. The minimum atomic E-state index is -0.173. The van der Waals surface area contributed by atoms with Crippen LogP contribution in [0, 0.1) is 6.92 Å². The molecule has 6 nitrogen and oxygen atoms in total. The summed E-state index contributed by atoms with van der Waals surface area (Å²) in [4.78, 5) is 16.2. The van der Waals surface area contributed by atoms with Crippen LogP contribution >= 0.6 is 11.3 Å². The third-order valence-electron chi connectivity index (χ3n) is 5.04. The van der Waals surface area contributed by atoms with Crippen molar-refractivity contribution in [3.05, 3.63) is 64.3 Å². The predicted octanol–water partition coefficient (Wildman–Crippen LogP) is 4.20. The normalized spacial score (nSPS) is 14.9. The van der Waals surface area contributed by atoms with Gasteiger partial charge in [-0.2, -0.15) is 5.10 Å². The van der Waals surface area contributed by atoms with E-state index in [1.54, 1.807) is 6.33 Å². The number of fused-ring (bicyclic) bond motifs is 3. The maximum Gasteiger partial charge on any atom is 0.177 e. The summed E-state index contributed by atoms with van der Waals surface area (Å²) in [6.07, 6.45) is 6.40. The molecule has 0 amide bonds. The highest BCUT2D eigenvalue weighted by Gasteiger charge is 2.24. The van der Waals surface area contributed by atoms with E-state index < -0.39 is 0 Å². The van der Waals surface area contributed by atoms with E-state index in [4.69, 9.17) is 0 Å². The molecule has 4 aromatic rings. The van der Waals surface area contributed by atoms with Crippen molar-refractivity contribution in [1.29, 1.82) is 0 Å². The molecule has 5 rings (SSSR count). The number of aromatic nitrogens is 5. The largest absolute Gasteiger partial charge is 0.355 e. The Morgan fingerprint density at radius 3 is 2.78 bits per heavy atom. The number of anilines is 1. The molecule has 0 radical (unpaired) electrons. The Morgan fingerprint density at radius 1 is 1.11 bits per heavy atom. The third-order valence-corrected chi connectivity index (χ3v) is 6.24. The fourth-order valence-electron chi connectivity index (χ4n) is 3.77. The van der Waals surface area contributed by atoms with Gasteiger partial charge < -0.3 is 5.32 Å². The number of rotatable bonds is 4. The van der Waals surface area contributed by atoms with Gasteiger partial charge in [0.25, 0.3) is 0 Å². The van der Waals surface area contributed by atoms with Gasteiger partial charge in [-0.1, -0.05) is 30.3 Å². The number of aromatic amines is 1. The number of nitrogens with one attached hydrogen (secondary N) is 2. The van der Waals surface area contributed by atoms with Crippen LogP contribution in [0.4, 0.5) is 5.82 Å². The fraction of sp³-hybridized carbons (Fsp3) is 0.300. The van der Waals surface area contributed by atoms with E-state index in [1.807, 2.05) is 36.5 Å². The summed E-state index contributed by atoms with van der Waals surface area (Å²) in [6, 6.07) is 10.1. The molecule has 1 aliphatic rings. The van der Waals surface area contributed by atoms with Crippen LogP contribution in [0.25, 0.3) is 10.2 Å². The molecule has 2 N–H and O–H groups in total. The lowest BCUT2D eigenvalue weighted by Crippen LogP contribution is -2.15. The maximum absolute atomic E-state index is 4.60. The molecule has 0 saturated heterocycles. The molecule has 136 valence electrons. The van der Waals surface area contributed by atoms with Crippen LogP contribution in [-0.2, 0) is 12.8 Å². The van der Waals surface area contributed by atoms with Gasteiger partial charge in [0.2, 0.25) is 0 Å². The van der Waals surface area contributed by atoms with E-state index >= 15 is 0 Å². The van der Waals surface area contributed by atoms with Crippen LogP contribution < -0.4 is 5.32 Å². The van der Waals surface area contributed by atoms with Gasteiger partial charge in [0.05, 0.1) is 5.39 Å². The van der Waals surface area contributed by atoms with Crippen molar-refractivity contribution in [1.82, 2.24) is 25.1 Å². The molecule has 1 aliphatic carbocycles. The number of thiophene rings is 1. The SMILES string of the molecule is Cc1nc([C@@H](Nc2ncnc3sc4c(c23)CCCC4)c2ccccc2)n[nH]1. The lowest BCUT2D eigenvalue weighted by molar-refractivity contribution is 0.700. The van der Waals surface area contributed by atoms with Gasteiger partial charge in [0, 0.05) is 4.88 Å². The minimum Gasteiger partial charge on any atom is -0.355 e. The Kier molecular flexibility index (Phi) is 4.09. The molecule has 3 heterocycles. The zero-order valence-corrected chi connectivity index (χ0v) is 15.9. The van der Waals surface area contributed by atoms with E-state index in [9.17, 15) is 0 Å². The average Bonchev–Trinajstić information content (AvgIpc) is 3.30. The molecule has 1 aromatic carbocycles. The van der Waals surface area contributed by atoms with E-state index in [0.29, 0.717) is 0 Å². The topological polar surface area (TPSA) is 79.4 Å². The van der Waals surface area contributed by atoms with Crippen LogP contribution in [0.3, 0.4) is 0 Å². The zero-order chi connectivity index (χ0) is 18.2. The number of hydrogen-bond acceptors (Lipinski definition) is 6. The second kappa shape index (κ2) is 6.74. The molecule has 1 atom stereocenters. The van der Waals surface area contributed by atoms with E-state index in [0.717, 1.165) is 40.7 Å². The Labute approximate surface area is 161 Å². The lowest BCUT2D eigenvalue weighted by Gasteiger charge is -2.18. The molecular weight excluding hydrogens is 356 g/mol. The number of benzene rings is 1. The summed E-state index contributed by atoms with van der Waals surface area (Å²) in [6.45, 7) is 1.91. The minimum absolute atomic E-state index is 0.173.